The summed E-state index contributed by atoms with van der Waals surface area (Å²) in [6.45, 7) is 1.85. The molecule has 7 nitrogen and oxygen atoms in total. The zero-order valence-electron chi connectivity index (χ0n) is 16.7. The van der Waals surface area contributed by atoms with Crippen LogP contribution in [-0.2, 0) is 16.6 Å². The van der Waals surface area contributed by atoms with Crippen LogP contribution in [0, 0.1) is 5.82 Å². The van der Waals surface area contributed by atoms with Crippen LogP contribution in [-0.4, -0.2) is 45.4 Å². The zero-order valence-corrected chi connectivity index (χ0v) is 17.5. The minimum Gasteiger partial charge on any atom is -0.468 e. The predicted octanol–water partition coefficient (Wildman–Crippen LogP) is 2.86. The number of amides is 1. The molecule has 4 rings (SSSR count). The second-order valence-electron chi connectivity index (χ2n) is 7.16. The highest BCUT2D eigenvalue weighted by Gasteiger charge is 2.24. The number of anilines is 1. The number of rotatable bonds is 6. The highest BCUT2D eigenvalue weighted by atomic mass is 32.2. The number of carbonyl (C=O) groups is 1. The third-order valence-electron chi connectivity index (χ3n) is 5.17. The molecule has 9 heteroatoms. The van der Waals surface area contributed by atoms with Crippen molar-refractivity contribution in [2.24, 2.45) is 0 Å². The normalized spacial score (nSPS) is 14.6. The lowest BCUT2D eigenvalue weighted by Gasteiger charge is -2.36. The molecule has 0 unspecified atom stereocenters. The molecule has 1 amide bonds. The van der Waals surface area contributed by atoms with Gasteiger partial charge in [-0.2, -0.15) is 0 Å². The number of furan rings is 1. The molecule has 0 atom stereocenters. The largest absolute Gasteiger partial charge is 0.468 e. The Balaban J connectivity index is 1.42. The van der Waals surface area contributed by atoms with Crippen LogP contribution in [0.1, 0.15) is 16.1 Å². The molecule has 2 aromatic carbocycles. The number of halogens is 1. The number of hydrogen-bond acceptors (Lipinski definition) is 5. The van der Waals surface area contributed by atoms with Crippen LogP contribution in [0.3, 0.4) is 0 Å². The first-order valence-electron chi connectivity index (χ1n) is 9.85. The summed E-state index contributed by atoms with van der Waals surface area (Å²) in [6.07, 6.45) is 1.47. The predicted molar refractivity (Wildman–Crippen MR) is 114 cm³/mol. The van der Waals surface area contributed by atoms with Gasteiger partial charge in [0, 0.05) is 31.7 Å². The van der Waals surface area contributed by atoms with E-state index in [0.29, 0.717) is 43.2 Å². The number of piperazine rings is 1. The van der Waals surface area contributed by atoms with E-state index in [1.54, 1.807) is 47.4 Å². The molecule has 31 heavy (non-hydrogen) atoms. The maximum Gasteiger partial charge on any atom is 0.254 e. The molecular formula is C22H22FN3O4S. The first-order valence-corrected chi connectivity index (χ1v) is 11.3. The molecule has 1 aliphatic heterocycles. The summed E-state index contributed by atoms with van der Waals surface area (Å²) < 4.78 is 46.8. The van der Waals surface area contributed by atoms with Crippen molar-refractivity contribution in [3.8, 4) is 0 Å². The summed E-state index contributed by atoms with van der Waals surface area (Å²) in [4.78, 5) is 16.5. The number of sulfonamides is 1. The van der Waals surface area contributed by atoms with Crippen molar-refractivity contribution in [2.45, 2.75) is 11.4 Å². The third kappa shape index (κ3) is 4.78. The molecule has 0 saturated carbocycles. The van der Waals surface area contributed by atoms with E-state index in [1.807, 2.05) is 4.90 Å². The number of nitrogens with one attached hydrogen (secondary N) is 1. The van der Waals surface area contributed by atoms with Gasteiger partial charge in [0.1, 0.15) is 11.6 Å². The number of para-hydroxylation sites is 1. The summed E-state index contributed by atoms with van der Waals surface area (Å²) in [5.74, 6) is -0.0537. The summed E-state index contributed by atoms with van der Waals surface area (Å²) in [5.41, 5.74) is 0.811. The molecule has 0 aliphatic carbocycles. The monoisotopic (exact) mass is 443 g/mol. The van der Waals surface area contributed by atoms with E-state index in [2.05, 4.69) is 4.72 Å². The van der Waals surface area contributed by atoms with Crippen molar-refractivity contribution in [2.75, 3.05) is 31.1 Å². The molecule has 0 spiro atoms. The lowest BCUT2D eigenvalue weighted by atomic mass is 10.1. The Morgan fingerprint density at radius 2 is 1.77 bits per heavy atom. The number of nitrogens with zero attached hydrogens (tertiary/aromatic N) is 2. The van der Waals surface area contributed by atoms with Gasteiger partial charge in [-0.3, -0.25) is 4.79 Å². The van der Waals surface area contributed by atoms with E-state index in [-0.39, 0.29) is 23.2 Å². The minimum atomic E-state index is -3.80. The van der Waals surface area contributed by atoms with Gasteiger partial charge < -0.3 is 14.2 Å². The molecular weight excluding hydrogens is 421 g/mol. The van der Waals surface area contributed by atoms with Gasteiger partial charge in [0.05, 0.1) is 23.4 Å². The molecule has 0 bridgehead atoms. The molecule has 1 aromatic heterocycles. The van der Waals surface area contributed by atoms with E-state index in [1.165, 1.54) is 24.5 Å². The van der Waals surface area contributed by atoms with Crippen molar-refractivity contribution in [1.82, 2.24) is 9.62 Å². The first-order chi connectivity index (χ1) is 14.9. The Hall–Kier alpha value is -3.17. The maximum atomic E-state index is 14.0. The SMILES string of the molecule is O=C(c1cccc(S(=O)(=O)NCc2ccco2)c1)N1CCN(c2ccccc2F)CC1. The van der Waals surface area contributed by atoms with Crippen LogP contribution in [0.5, 0.6) is 0 Å². The van der Waals surface area contributed by atoms with Gasteiger partial charge in [-0.1, -0.05) is 18.2 Å². The van der Waals surface area contributed by atoms with Crippen molar-refractivity contribution >= 4 is 21.6 Å². The first kappa shape index (κ1) is 21.1. The molecule has 162 valence electrons. The molecule has 0 radical (unpaired) electrons. The summed E-state index contributed by atoms with van der Waals surface area (Å²) in [7, 11) is -3.80. The molecule has 1 fully saturated rings. The fraction of sp³-hybridized carbons (Fsp3) is 0.227. The van der Waals surface area contributed by atoms with Gasteiger partial charge in [-0.15, -0.1) is 0 Å². The average Bonchev–Trinajstić information content (AvgIpc) is 3.32. The van der Waals surface area contributed by atoms with Crippen molar-refractivity contribution < 1.29 is 22.0 Å². The second kappa shape index (κ2) is 8.91. The third-order valence-corrected chi connectivity index (χ3v) is 6.57. The van der Waals surface area contributed by atoms with Crippen LogP contribution >= 0.6 is 0 Å². The fourth-order valence-corrected chi connectivity index (χ4v) is 4.54. The summed E-state index contributed by atoms with van der Waals surface area (Å²) in [5, 5.41) is 0. The number of carbonyl (C=O) groups excluding carboxylic acids is 1. The van der Waals surface area contributed by atoms with Crippen LogP contribution in [0.4, 0.5) is 10.1 Å². The Morgan fingerprint density at radius 1 is 1.00 bits per heavy atom. The van der Waals surface area contributed by atoms with E-state index >= 15 is 0 Å². The summed E-state index contributed by atoms with van der Waals surface area (Å²) in [6, 6.07) is 15.9. The van der Waals surface area contributed by atoms with Crippen molar-refractivity contribution in [1.29, 1.82) is 0 Å². The molecule has 1 N–H and O–H groups in total. The zero-order chi connectivity index (χ0) is 21.8. The Kier molecular flexibility index (Phi) is 6.06. The average molecular weight is 444 g/mol. The van der Waals surface area contributed by atoms with E-state index < -0.39 is 10.0 Å². The van der Waals surface area contributed by atoms with Gasteiger partial charge >= 0.3 is 0 Å². The Labute approximate surface area is 180 Å². The Bertz CT molecular complexity index is 1160. The quantitative estimate of drug-likeness (QED) is 0.634. The van der Waals surface area contributed by atoms with Gasteiger partial charge in [0.25, 0.3) is 5.91 Å². The van der Waals surface area contributed by atoms with E-state index in [0.717, 1.165) is 0 Å². The number of hydrogen-bond donors (Lipinski definition) is 1. The molecule has 2 heterocycles. The van der Waals surface area contributed by atoms with E-state index in [9.17, 15) is 17.6 Å². The van der Waals surface area contributed by atoms with Crippen LogP contribution in [0.25, 0.3) is 0 Å². The molecule has 1 aliphatic rings. The van der Waals surface area contributed by atoms with Crippen LogP contribution in [0.2, 0.25) is 0 Å². The van der Waals surface area contributed by atoms with Gasteiger partial charge in [0.15, 0.2) is 0 Å². The second-order valence-corrected chi connectivity index (χ2v) is 8.93. The Morgan fingerprint density at radius 3 is 2.48 bits per heavy atom. The fourth-order valence-electron chi connectivity index (χ4n) is 3.50. The smallest absolute Gasteiger partial charge is 0.254 e. The van der Waals surface area contributed by atoms with Crippen LogP contribution < -0.4 is 9.62 Å². The molecule has 1 saturated heterocycles. The maximum absolute atomic E-state index is 14.0. The van der Waals surface area contributed by atoms with Gasteiger partial charge in [-0.05, 0) is 42.5 Å². The van der Waals surface area contributed by atoms with E-state index in [4.69, 9.17) is 4.42 Å². The van der Waals surface area contributed by atoms with Crippen molar-refractivity contribution in [3.05, 3.63) is 84.1 Å². The minimum absolute atomic E-state index is 0.00917. The lowest BCUT2D eigenvalue weighted by molar-refractivity contribution is 0.0746. The summed E-state index contributed by atoms with van der Waals surface area (Å²) >= 11 is 0. The topological polar surface area (TPSA) is 82.9 Å². The highest BCUT2D eigenvalue weighted by Crippen LogP contribution is 2.21. The molecule has 3 aromatic rings. The standard InChI is InChI=1S/C22H22FN3O4S/c23-20-8-1-2-9-21(20)25-10-12-26(13-11-25)22(27)17-5-3-7-19(15-17)31(28,29)24-16-18-6-4-14-30-18/h1-9,14-15,24H,10-13,16H2. The number of benzene rings is 2. The van der Waals surface area contributed by atoms with Crippen LogP contribution in [0.15, 0.2) is 76.2 Å². The lowest BCUT2D eigenvalue weighted by Crippen LogP contribution is -2.49. The van der Waals surface area contributed by atoms with Gasteiger partial charge in [0.2, 0.25) is 10.0 Å². The van der Waals surface area contributed by atoms with Gasteiger partial charge in [-0.25, -0.2) is 17.5 Å². The van der Waals surface area contributed by atoms with Crippen molar-refractivity contribution in [3.63, 3.8) is 0 Å². The highest BCUT2D eigenvalue weighted by molar-refractivity contribution is 7.89.